The van der Waals surface area contributed by atoms with Crippen LogP contribution in [0, 0.1) is 0 Å². The van der Waals surface area contributed by atoms with Crippen LogP contribution in [0.1, 0.15) is 5.56 Å². The largest absolute Gasteiger partial charge is 0.399 e. The fourth-order valence-corrected chi connectivity index (χ4v) is 0.712. The van der Waals surface area contributed by atoms with Crippen molar-refractivity contribution >= 4 is 6.21 Å². The van der Waals surface area contributed by atoms with Gasteiger partial charge in [0.2, 0.25) is 0 Å². The smallest absolute Gasteiger partial charge is 0.169 e. The lowest BCUT2D eigenvalue weighted by molar-refractivity contribution is -0.671. The molecule has 3 nitrogen and oxygen atoms in total. The van der Waals surface area contributed by atoms with Crippen molar-refractivity contribution in [2.24, 2.45) is 12.2 Å². The summed E-state index contributed by atoms with van der Waals surface area (Å²) in [7, 11) is 3.50. The van der Waals surface area contributed by atoms with Gasteiger partial charge in [-0.15, -0.1) is 0 Å². The zero-order valence-electron chi connectivity index (χ0n) is 6.69. The Hall–Kier alpha value is -1.38. The summed E-state index contributed by atoms with van der Waals surface area (Å²) >= 11 is 0. The van der Waals surface area contributed by atoms with Crippen LogP contribution in [-0.4, -0.2) is 13.3 Å². The van der Waals surface area contributed by atoms with Crippen LogP contribution in [0.5, 0.6) is 0 Å². The Labute approximate surface area is 65.9 Å². The zero-order valence-corrected chi connectivity index (χ0v) is 6.69. The van der Waals surface area contributed by atoms with Gasteiger partial charge in [0.15, 0.2) is 12.4 Å². The van der Waals surface area contributed by atoms with Crippen LogP contribution < -0.4 is 4.57 Å². The van der Waals surface area contributed by atoms with Crippen LogP contribution in [0.2, 0.25) is 0 Å². The highest BCUT2D eigenvalue weighted by molar-refractivity contribution is 5.78. The van der Waals surface area contributed by atoms with Crippen LogP contribution in [-0.2, 0) is 11.9 Å². The molecule has 0 saturated heterocycles. The van der Waals surface area contributed by atoms with E-state index in [-0.39, 0.29) is 0 Å². The van der Waals surface area contributed by atoms with E-state index in [9.17, 15) is 0 Å². The highest BCUT2D eigenvalue weighted by Crippen LogP contribution is 1.89. The third-order valence-electron chi connectivity index (χ3n) is 1.31. The summed E-state index contributed by atoms with van der Waals surface area (Å²) in [6.07, 6.45) is 5.58. The van der Waals surface area contributed by atoms with Crippen molar-refractivity contribution in [3.63, 3.8) is 0 Å². The summed E-state index contributed by atoms with van der Waals surface area (Å²) in [4.78, 5) is 4.54. The van der Waals surface area contributed by atoms with Gasteiger partial charge in [-0.1, -0.05) is 5.16 Å². The van der Waals surface area contributed by atoms with Gasteiger partial charge in [0, 0.05) is 17.7 Å². The molecule has 0 atom stereocenters. The fraction of sp³-hybridized carbons (Fsp3) is 0.250. The van der Waals surface area contributed by atoms with Crippen molar-refractivity contribution in [2.75, 3.05) is 7.11 Å². The lowest BCUT2D eigenvalue weighted by Gasteiger charge is -1.88. The molecule has 0 aliphatic heterocycles. The monoisotopic (exact) mass is 151 g/mol. The first-order chi connectivity index (χ1) is 5.33. The van der Waals surface area contributed by atoms with Crippen LogP contribution in [0.15, 0.2) is 29.7 Å². The van der Waals surface area contributed by atoms with Gasteiger partial charge in [-0.05, 0) is 0 Å². The first kappa shape index (κ1) is 7.72. The quantitative estimate of drug-likeness (QED) is 0.343. The lowest BCUT2D eigenvalue weighted by atomic mass is 10.3. The van der Waals surface area contributed by atoms with E-state index in [1.54, 1.807) is 6.21 Å². The minimum absolute atomic E-state index is 1.03. The molecule has 1 rings (SSSR count). The van der Waals surface area contributed by atoms with E-state index < -0.39 is 0 Å². The Morgan fingerprint density at radius 1 is 1.45 bits per heavy atom. The predicted octanol–water partition coefficient (Wildman–Crippen LogP) is 0.491. The normalized spacial score (nSPS) is 10.4. The van der Waals surface area contributed by atoms with Crippen LogP contribution in [0.25, 0.3) is 0 Å². The minimum atomic E-state index is 1.03. The topological polar surface area (TPSA) is 25.5 Å². The Morgan fingerprint density at radius 3 is 2.64 bits per heavy atom. The van der Waals surface area contributed by atoms with Crippen molar-refractivity contribution in [2.45, 2.75) is 0 Å². The maximum absolute atomic E-state index is 4.54. The average molecular weight is 151 g/mol. The molecule has 1 aromatic heterocycles. The van der Waals surface area contributed by atoms with Crippen molar-refractivity contribution in [3.05, 3.63) is 30.1 Å². The van der Waals surface area contributed by atoms with Gasteiger partial charge < -0.3 is 4.84 Å². The van der Waals surface area contributed by atoms with Gasteiger partial charge in [0.25, 0.3) is 0 Å². The molecule has 0 bridgehead atoms. The van der Waals surface area contributed by atoms with Gasteiger partial charge in [-0.3, -0.25) is 0 Å². The molecule has 0 amide bonds. The summed E-state index contributed by atoms with van der Waals surface area (Å²) in [5.41, 5.74) is 1.03. The Kier molecular flexibility index (Phi) is 2.60. The maximum atomic E-state index is 4.54. The number of hydrogen-bond donors (Lipinski definition) is 0. The van der Waals surface area contributed by atoms with E-state index in [0.29, 0.717) is 0 Å². The number of oxime groups is 1. The molecule has 0 aromatic carbocycles. The molecule has 1 heterocycles. The molecule has 0 spiro atoms. The molecule has 0 saturated carbocycles. The SMILES string of the molecule is CON=Cc1cc[n+](C)cc1. The van der Waals surface area contributed by atoms with Gasteiger partial charge in [-0.25, -0.2) is 4.57 Å². The first-order valence-corrected chi connectivity index (χ1v) is 3.35. The van der Waals surface area contributed by atoms with Gasteiger partial charge in [-0.2, -0.15) is 0 Å². The first-order valence-electron chi connectivity index (χ1n) is 3.35. The summed E-state index contributed by atoms with van der Waals surface area (Å²) in [5.74, 6) is 0. The second-order valence-corrected chi connectivity index (χ2v) is 2.21. The van der Waals surface area contributed by atoms with Crippen LogP contribution in [0.4, 0.5) is 0 Å². The summed E-state index contributed by atoms with van der Waals surface area (Å²) in [6.45, 7) is 0. The van der Waals surface area contributed by atoms with Crippen LogP contribution in [0.3, 0.4) is 0 Å². The molecule has 1 aromatic rings. The molecule has 0 N–H and O–H groups in total. The van der Waals surface area contributed by atoms with E-state index in [1.165, 1.54) is 7.11 Å². The number of rotatable bonds is 2. The number of pyridine rings is 1. The molecule has 0 radical (unpaired) electrons. The Bertz CT molecular complexity index is 241. The van der Waals surface area contributed by atoms with Crippen LogP contribution >= 0.6 is 0 Å². The number of hydrogen-bond acceptors (Lipinski definition) is 2. The molecule has 0 unspecified atom stereocenters. The van der Waals surface area contributed by atoms with Gasteiger partial charge in [0.1, 0.15) is 14.2 Å². The third-order valence-corrected chi connectivity index (χ3v) is 1.31. The summed E-state index contributed by atoms with van der Waals surface area (Å²) < 4.78 is 1.96. The molecule has 58 valence electrons. The standard InChI is InChI=1S/C8H11N2O/c1-10-5-3-8(4-6-10)7-9-11-2/h3-7H,1-2H3/q+1. The van der Waals surface area contributed by atoms with Gasteiger partial charge in [0.05, 0.1) is 6.21 Å². The molecule has 3 heteroatoms. The van der Waals surface area contributed by atoms with E-state index in [4.69, 9.17) is 0 Å². The van der Waals surface area contributed by atoms with E-state index in [0.717, 1.165) is 5.56 Å². The van der Waals surface area contributed by atoms with Crippen molar-refractivity contribution in [1.29, 1.82) is 0 Å². The van der Waals surface area contributed by atoms with Crippen molar-refractivity contribution in [3.8, 4) is 0 Å². The molecule has 0 aliphatic rings. The molecular formula is C8H11N2O+. The van der Waals surface area contributed by atoms with E-state index >= 15 is 0 Å². The maximum Gasteiger partial charge on any atom is 0.169 e. The highest BCUT2D eigenvalue weighted by atomic mass is 16.6. The molecular weight excluding hydrogens is 140 g/mol. The van der Waals surface area contributed by atoms with Crippen molar-refractivity contribution in [1.82, 2.24) is 0 Å². The highest BCUT2D eigenvalue weighted by Gasteiger charge is 1.90. The fourth-order valence-electron chi connectivity index (χ4n) is 0.712. The zero-order chi connectivity index (χ0) is 8.10. The third kappa shape index (κ3) is 2.37. The second kappa shape index (κ2) is 3.71. The second-order valence-electron chi connectivity index (χ2n) is 2.21. The number of aromatic nitrogens is 1. The molecule has 11 heavy (non-hydrogen) atoms. The minimum Gasteiger partial charge on any atom is -0.399 e. The van der Waals surface area contributed by atoms with Crippen molar-refractivity contribution < 1.29 is 9.40 Å². The number of aryl methyl sites for hydroxylation is 1. The van der Waals surface area contributed by atoms with E-state index in [2.05, 4.69) is 9.99 Å². The average Bonchev–Trinajstić information content (AvgIpc) is 2.04. The lowest BCUT2D eigenvalue weighted by Crippen LogP contribution is -2.25. The number of nitrogens with zero attached hydrogens (tertiary/aromatic N) is 2. The molecule has 0 fully saturated rings. The molecule has 0 aliphatic carbocycles. The summed E-state index contributed by atoms with van der Waals surface area (Å²) in [5, 5.41) is 3.64. The Morgan fingerprint density at radius 2 is 2.09 bits per heavy atom. The predicted molar refractivity (Wildman–Crippen MR) is 42.2 cm³/mol. The Balaban J connectivity index is 2.73. The van der Waals surface area contributed by atoms with E-state index in [1.807, 2.05) is 36.1 Å². The summed E-state index contributed by atoms with van der Waals surface area (Å²) in [6, 6.07) is 3.92. The van der Waals surface area contributed by atoms with Gasteiger partial charge >= 0.3 is 0 Å².